The van der Waals surface area contributed by atoms with E-state index in [1.807, 2.05) is 6.07 Å². The number of rotatable bonds is 3. The van der Waals surface area contributed by atoms with E-state index in [4.69, 9.17) is 5.26 Å². The Kier molecular flexibility index (Phi) is 3.59. The molecule has 0 saturated heterocycles. The summed E-state index contributed by atoms with van der Waals surface area (Å²) in [6, 6.07) is 12.0. The monoisotopic (exact) mass is 238 g/mol. The van der Waals surface area contributed by atoms with Crippen molar-refractivity contribution in [2.75, 3.05) is 0 Å². The zero-order valence-electron chi connectivity index (χ0n) is 10.2. The molecule has 0 aliphatic rings. The Hall–Kier alpha value is -2.34. The molecular weight excluding hydrogens is 224 g/mol. The summed E-state index contributed by atoms with van der Waals surface area (Å²) in [5.41, 5.74) is 3.59. The maximum atomic E-state index is 9.37. The maximum Gasteiger partial charge on any atom is 0.151 e. The molecule has 0 spiro atoms. The lowest BCUT2D eigenvalue weighted by molar-refractivity contribution is 0.470. The van der Waals surface area contributed by atoms with E-state index in [1.54, 1.807) is 6.07 Å². The van der Waals surface area contributed by atoms with Gasteiger partial charge in [0, 0.05) is 5.69 Å². The van der Waals surface area contributed by atoms with Gasteiger partial charge in [0.2, 0.25) is 0 Å². The second kappa shape index (κ2) is 5.33. The van der Waals surface area contributed by atoms with E-state index < -0.39 is 0 Å². The summed E-state index contributed by atoms with van der Waals surface area (Å²) >= 11 is 0. The van der Waals surface area contributed by atoms with Crippen molar-refractivity contribution in [2.45, 2.75) is 19.8 Å². The average molecular weight is 238 g/mol. The Morgan fingerprint density at radius 1 is 1.22 bits per heavy atom. The first-order chi connectivity index (χ1) is 8.69. The van der Waals surface area contributed by atoms with Crippen LogP contribution in [0.5, 0.6) is 5.75 Å². The van der Waals surface area contributed by atoms with Gasteiger partial charge in [0.25, 0.3) is 0 Å². The van der Waals surface area contributed by atoms with Crippen LogP contribution in [0.15, 0.2) is 36.5 Å². The van der Waals surface area contributed by atoms with E-state index >= 15 is 0 Å². The molecule has 0 radical (unpaired) electrons. The Bertz CT molecular complexity index is 582. The first kappa shape index (κ1) is 12.1. The lowest BCUT2D eigenvalue weighted by Crippen LogP contribution is -1.95. The van der Waals surface area contributed by atoms with Crippen molar-refractivity contribution in [2.24, 2.45) is 0 Å². The molecule has 0 fully saturated rings. The van der Waals surface area contributed by atoms with Gasteiger partial charge in [-0.05, 0) is 31.4 Å². The van der Waals surface area contributed by atoms with Gasteiger partial charge in [-0.1, -0.05) is 29.8 Å². The molecule has 2 aromatic rings. The van der Waals surface area contributed by atoms with Crippen molar-refractivity contribution in [1.82, 2.24) is 4.98 Å². The van der Waals surface area contributed by atoms with Crippen molar-refractivity contribution < 1.29 is 5.11 Å². The van der Waals surface area contributed by atoms with Crippen molar-refractivity contribution in [3.8, 4) is 11.8 Å². The number of aryl methyl sites for hydroxylation is 3. The second-order valence-electron chi connectivity index (χ2n) is 4.29. The lowest BCUT2D eigenvalue weighted by Gasteiger charge is -2.03. The van der Waals surface area contributed by atoms with Crippen molar-refractivity contribution in [3.05, 3.63) is 58.9 Å². The van der Waals surface area contributed by atoms with Gasteiger partial charge in [0.15, 0.2) is 5.75 Å². The topological polar surface area (TPSA) is 56.9 Å². The molecule has 2 rings (SSSR count). The summed E-state index contributed by atoms with van der Waals surface area (Å²) in [7, 11) is 0. The largest absolute Gasteiger partial charge is 0.505 e. The number of pyridine rings is 1. The minimum absolute atomic E-state index is 0.0587. The Morgan fingerprint density at radius 2 is 1.94 bits per heavy atom. The number of nitrogens with zero attached hydrogens (tertiary/aromatic N) is 2. The molecule has 0 aliphatic carbocycles. The molecule has 1 N–H and O–H groups in total. The fraction of sp³-hybridized carbons (Fsp3) is 0.200. The van der Waals surface area contributed by atoms with Gasteiger partial charge in [-0.25, -0.2) is 0 Å². The Balaban J connectivity index is 2.06. The maximum absolute atomic E-state index is 9.37. The van der Waals surface area contributed by atoms with E-state index in [1.165, 1.54) is 17.3 Å². The quantitative estimate of drug-likeness (QED) is 0.894. The van der Waals surface area contributed by atoms with Gasteiger partial charge in [-0.15, -0.1) is 0 Å². The highest BCUT2D eigenvalue weighted by Gasteiger charge is 2.03. The third-order valence-corrected chi connectivity index (χ3v) is 2.85. The molecule has 3 nitrogen and oxygen atoms in total. The third kappa shape index (κ3) is 2.86. The van der Waals surface area contributed by atoms with Crippen LogP contribution in [0.1, 0.15) is 22.4 Å². The number of benzene rings is 1. The zero-order chi connectivity index (χ0) is 13.0. The highest BCUT2D eigenvalue weighted by atomic mass is 16.3. The number of aromatic nitrogens is 1. The summed E-state index contributed by atoms with van der Waals surface area (Å²) in [6.45, 7) is 2.06. The van der Waals surface area contributed by atoms with E-state index in [2.05, 4.69) is 36.2 Å². The van der Waals surface area contributed by atoms with Crippen molar-refractivity contribution >= 4 is 0 Å². The number of hydrogen-bond donors (Lipinski definition) is 1. The lowest BCUT2D eigenvalue weighted by atomic mass is 10.1. The van der Waals surface area contributed by atoms with E-state index in [9.17, 15) is 5.11 Å². The van der Waals surface area contributed by atoms with Gasteiger partial charge in [-0.3, -0.25) is 4.98 Å². The van der Waals surface area contributed by atoms with Gasteiger partial charge in [0.05, 0.1) is 11.8 Å². The summed E-state index contributed by atoms with van der Waals surface area (Å²) in [5.74, 6) is -0.0587. The smallest absolute Gasteiger partial charge is 0.151 e. The fourth-order valence-corrected chi connectivity index (χ4v) is 1.74. The van der Waals surface area contributed by atoms with Crippen LogP contribution in [-0.4, -0.2) is 10.1 Å². The molecule has 0 unspecified atom stereocenters. The molecule has 0 saturated carbocycles. The van der Waals surface area contributed by atoms with Crippen LogP contribution in [0.25, 0.3) is 0 Å². The van der Waals surface area contributed by atoms with Crippen LogP contribution in [-0.2, 0) is 12.8 Å². The molecule has 18 heavy (non-hydrogen) atoms. The fourth-order valence-electron chi connectivity index (χ4n) is 1.74. The van der Waals surface area contributed by atoms with Gasteiger partial charge >= 0.3 is 0 Å². The summed E-state index contributed by atoms with van der Waals surface area (Å²) in [6.07, 6.45) is 2.98. The normalized spacial score (nSPS) is 10.0. The highest BCUT2D eigenvalue weighted by molar-refractivity contribution is 5.41. The standard InChI is InChI=1S/C15H14N2O/c1-11-2-4-12(5-3-11)6-7-14-8-13(9-16)15(18)10-17-14/h2-5,8,10,18H,6-7H2,1H3. The molecule has 3 heteroatoms. The molecule has 1 aromatic heterocycles. The first-order valence-electron chi connectivity index (χ1n) is 5.82. The summed E-state index contributed by atoms with van der Waals surface area (Å²) in [5, 5.41) is 18.2. The van der Waals surface area contributed by atoms with Crippen LogP contribution >= 0.6 is 0 Å². The highest BCUT2D eigenvalue weighted by Crippen LogP contribution is 2.16. The molecule has 90 valence electrons. The molecule has 0 aliphatic heterocycles. The predicted octanol–water partition coefficient (Wildman–Crippen LogP) is 2.75. The molecule has 1 aromatic carbocycles. The Labute approximate surface area is 106 Å². The van der Waals surface area contributed by atoms with Gasteiger partial charge in [0.1, 0.15) is 6.07 Å². The van der Waals surface area contributed by atoms with Crippen LogP contribution in [0, 0.1) is 18.3 Å². The minimum Gasteiger partial charge on any atom is -0.505 e. The average Bonchev–Trinajstić information content (AvgIpc) is 2.39. The minimum atomic E-state index is -0.0587. The second-order valence-corrected chi connectivity index (χ2v) is 4.29. The van der Waals surface area contributed by atoms with Crippen molar-refractivity contribution in [3.63, 3.8) is 0 Å². The SMILES string of the molecule is Cc1ccc(CCc2cc(C#N)c(O)cn2)cc1. The molecule has 0 amide bonds. The predicted molar refractivity (Wildman–Crippen MR) is 69.2 cm³/mol. The van der Waals surface area contributed by atoms with Crippen LogP contribution in [0.4, 0.5) is 0 Å². The Morgan fingerprint density at radius 3 is 2.61 bits per heavy atom. The third-order valence-electron chi connectivity index (χ3n) is 2.85. The molecule has 0 atom stereocenters. The summed E-state index contributed by atoms with van der Waals surface area (Å²) < 4.78 is 0. The number of hydrogen-bond acceptors (Lipinski definition) is 3. The molecule has 1 heterocycles. The van der Waals surface area contributed by atoms with E-state index in [0.717, 1.165) is 18.5 Å². The van der Waals surface area contributed by atoms with Gasteiger partial charge < -0.3 is 5.11 Å². The summed E-state index contributed by atoms with van der Waals surface area (Å²) in [4.78, 5) is 4.12. The number of aromatic hydroxyl groups is 1. The van der Waals surface area contributed by atoms with Crippen molar-refractivity contribution in [1.29, 1.82) is 5.26 Å². The number of nitriles is 1. The molecule has 0 bridgehead atoms. The molecular formula is C15H14N2O. The first-order valence-corrected chi connectivity index (χ1v) is 5.82. The van der Waals surface area contributed by atoms with Crippen LogP contribution < -0.4 is 0 Å². The van der Waals surface area contributed by atoms with Crippen LogP contribution in [0.2, 0.25) is 0 Å². The zero-order valence-corrected chi connectivity index (χ0v) is 10.2. The van der Waals surface area contributed by atoms with E-state index in [0.29, 0.717) is 0 Å². The van der Waals surface area contributed by atoms with E-state index in [-0.39, 0.29) is 11.3 Å². The van der Waals surface area contributed by atoms with Gasteiger partial charge in [-0.2, -0.15) is 5.26 Å². The van der Waals surface area contributed by atoms with Crippen LogP contribution in [0.3, 0.4) is 0 Å².